The highest BCUT2D eigenvalue weighted by Crippen LogP contribution is 2.32. The summed E-state index contributed by atoms with van der Waals surface area (Å²) in [5, 5.41) is 3.22. The molecule has 50 heavy (non-hydrogen) atoms. The molecule has 258 valence electrons. The number of anilines is 4. The first kappa shape index (κ1) is 33.2. The van der Waals surface area contributed by atoms with Crippen molar-refractivity contribution in [2.24, 2.45) is 5.73 Å². The van der Waals surface area contributed by atoms with Gasteiger partial charge in [0.15, 0.2) is 11.5 Å². The van der Waals surface area contributed by atoms with Gasteiger partial charge in [0, 0.05) is 62.2 Å². The zero-order valence-corrected chi connectivity index (χ0v) is 28.5. The van der Waals surface area contributed by atoms with Crippen LogP contribution in [0.25, 0.3) is 0 Å². The normalized spacial score (nSPS) is 17.2. The van der Waals surface area contributed by atoms with Crippen molar-refractivity contribution in [3.63, 3.8) is 0 Å². The molecule has 0 spiro atoms. The van der Waals surface area contributed by atoms with Crippen LogP contribution in [0, 0.1) is 0 Å². The number of piperidine rings is 1. The van der Waals surface area contributed by atoms with E-state index in [-0.39, 0.29) is 35.8 Å². The lowest BCUT2D eigenvalue weighted by Gasteiger charge is -2.42. The number of hydrogen-bond donors (Lipinski definition) is 2. The Balaban J connectivity index is 1.05. The maximum Gasteiger partial charge on any atom is 0.271 e. The number of aromatic nitrogens is 2. The van der Waals surface area contributed by atoms with Crippen LogP contribution in [0.5, 0.6) is 5.88 Å². The molecule has 12 nitrogen and oxygen atoms in total. The number of nitrogens with one attached hydrogen (secondary N) is 1. The Morgan fingerprint density at radius 3 is 2.14 bits per heavy atom. The van der Waals surface area contributed by atoms with Gasteiger partial charge in [-0.1, -0.05) is 37.3 Å². The van der Waals surface area contributed by atoms with Crippen LogP contribution in [0.2, 0.25) is 0 Å². The lowest BCUT2D eigenvalue weighted by Crippen LogP contribution is -2.52. The lowest BCUT2D eigenvalue weighted by atomic mass is 10.0. The zero-order valence-electron chi connectivity index (χ0n) is 28.5. The molecule has 3 aliphatic heterocycles. The summed E-state index contributed by atoms with van der Waals surface area (Å²) in [5.41, 5.74) is 9.86. The maximum absolute atomic E-state index is 13.2. The SMILES string of the molecule is CCc1nc(C(N)=O)c(Nc2ccc(N3CCC(N4CCN(C)CC4)CC3)cc2)nc1OCc1ccccc1N1C(=O)c2ccccc2C1=O. The van der Waals surface area contributed by atoms with Crippen molar-refractivity contribution in [3.05, 3.63) is 101 Å². The molecular formula is C38H42N8O4. The van der Waals surface area contributed by atoms with E-state index in [0.29, 0.717) is 40.5 Å². The summed E-state index contributed by atoms with van der Waals surface area (Å²) in [7, 11) is 2.19. The first-order chi connectivity index (χ1) is 24.3. The summed E-state index contributed by atoms with van der Waals surface area (Å²) in [6.07, 6.45) is 2.73. The summed E-state index contributed by atoms with van der Waals surface area (Å²) in [5.74, 6) is -1.08. The van der Waals surface area contributed by atoms with Crippen molar-refractivity contribution in [3.8, 4) is 5.88 Å². The molecule has 0 bridgehead atoms. The molecule has 3 aliphatic rings. The average Bonchev–Trinajstić information content (AvgIpc) is 3.40. The number of carbonyl (C=O) groups excluding carboxylic acids is 3. The number of fused-ring (bicyclic) bond motifs is 1. The molecule has 2 fully saturated rings. The van der Waals surface area contributed by atoms with Gasteiger partial charge >= 0.3 is 0 Å². The number of nitrogens with zero attached hydrogens (tertiary/aromatic N) is 6. The number of amides is 3. The van der Waals surface area contributed by atoms with Crippen molar-refractivity contribution in [1.82, 2.24) is 19.8 Å². The molecule has 3 amide bonds. The average molecular weight is 675 g/mol. The van der Waals surface area contributed by atoms with E-state index in [1.165, 1.54) is 4.90 Å². The minimum absolute atomic E-state index is 0.000807. The van der Waals surface area contributed by atoms with E-state index in [0.717, 1.165) is 63.5 Å². The lowest BCUT2D eigenvalue weighted by molar-refractivity contribution is 0.0923. The number of ether oxygens (including phenoxy) is 1. The monoisotopic (exact) mass is 674 g/mol. The van der Waals surface area contributed by atoms with Crippen LogP contribution in [-0.4, -0.2) is 89.8 Å². The molecule has 1 aromatic heterocycles. The molecule has 0 saturated carbocycles. The van der Waals surface area contributed by atoms with Gasteiger partial charge in [-0.25, -0.2) is 9.88 Å². The van der Waals surface area contributed by atoms with E-state index in [4.69, 9.17) is 10.5 Å². The van der Waals surface area contributed by atoms with Gasteiger partial charge in [-0.2, -0.15) is 4.98 Å². The summed E-state index contributed by atoms with van der Waals surface area (Å²) in [6, 6.07) is 22.6. The molecule has 12 heteroatoms. The summed E-state index contributed by atoms with van der Waals surface area (Å²) >= 11 is 0. The van der Waals surface area contributed by atoms with Crippen LogP contribution < -0.4 is 25.6 Å². The van der Waals surface area contributed by atoms with E-state index < -0.39 is 5.91 Å². The Labute approximate surface area is 291 Å². The fourth-order valence-electron chi connectivity index (χ4n) is 7.03. The van der Waals surface area contributed by atoms with E-state index in [2.05, 4.69) is 49.2 Å². The second-order valence-corrected chi connectivity index (χ2v) is 13.0. The van der Waals surface area contributed by atoms with Gasteiger partial charge in [-0.15, -0.1) is 0 Å². The van der Waals surface area contributed by atoms with Crippen molar-refractivity contribution in [2.75, 3.05) is 61.4 Å². The van der Waals surface area contributed by atoms with Gasteiger partial charge < -0.3 is 25.6 Å². The highest BCUT2D eigenvalue weighted by molar-refractivity contribution is 6.34. The number of aryl methyl sites for hydroxylation is 1. The van der Waals surface area contributed by atoms with Gasteiger partial charge in [0.2, 0.25) is 5.88 Å². The minimum atomic E-state index is -0.711. The fourth-order valence-corrected chi connectivity index (χ4v) is 7.03. The topological polar surface area (TPSA) is 137 Å². The standard InChI is InChI=1S/C38H42N8O4/c1-3-31-36(50-24-25-8-4-7-11-32(25)46-37(48)29-9-5-6-10-30(29)38(46)49)42-35(33(41-31)34(39)47)40-26-12-14-27(15-13-26)44-18-16-28(17-19-44)45-22-20-43(2)21-23-45/h4-15,28H,3,16-24H2,1-2H3,(H2,39,47)(H,40,42). The Morgan fingerprint density at radius 2 is 1.50 bits per heavy atom. The Morgan fingerprint density at radius 1 is 0.860 bits per heavy atom. The number of hydrogen-bond acceptors (Lipinski definition) is 10. The molecule has 0 unspecified atom stereocenters. The molecule has 2 saturated heterocycles. The highest BCUT2D eigenvalue weighted by atomic mass is 16.5. The predicted octanol–water partition coefficient (Wildman–Crippen LogP) is 4.48. The van der Waals surface area contributed by atoms with Gasteiger partial charge in [0.25, 0.3) is 17.7 Å². The van der Waals surface area contributed by atoms with Crippen LogP contribution in [-0.2, 0) is 13.0 Å². The van der Waals surface area contributed by atoms with Crippen LogP contribution in [0.15, 0.2) is 72.8 Å². The van der Waals surface area contributed by atoms with Crippen molar-refractivity contribution < 1.29 is 19.1 Å². The number of nitrogens with two attached hydrogens (primary N) is 1. The third-order valence-electron chi connectivity index (χ3n) is 9.90. The van der Waals surface area contributed by atoms with E-state index in [1.807, 2.05) is 25.1 Å². The number of piperazine rings is 1. The molecule has 0 aliphatic carbocycles. The highest BCUT2D eigenvalue weighted by Gasteiger charge is 2.37. The summed E-state index contributed by atoms with van der Waals surface area (Å²) in [6.45, 7) is 8.47. The number of benzene rings is 3. The molecule has 3 aromatic carbocycles. The van der Waals surface area contributed by atoms with Gasteiger partial charge in [-0.05, 0) is 68.8 Å². The molecule has 7 rings (SSSR count). The van der Waals surface area contributed by atoms with Crippen LogP contribution >= 0.6 is 0 Å². The van der Waals surface area contributed by atoms with Gasteiger partial charge in [0.1, 0.15) is 12.3 Å². The van der Waals surface area contributed by atoms with Gasteiger partial charge in [0.05, 0.1) is 16.8 Å². The number of imide groups is 1. The molecule has 0 radical (unpaired) electrons. The Kier molecular flexibility index (Phi) is 9.46. The molecule has 3 N–H and O–H groups in total. The quantitative estimate of drug-likeness (QED) is 0.232. The third kappa shape index (κ3) is 6.64. The van der Waals surface area contributed by atoms with Crippen LogP contribution in [0.4, 0.5) is 22.9 Å². The second-order valence-electron chi connectivity index (χ2n) is 13.0. The van der Waals surface area contributed by atoms with E-state index >= 15 is 0 Å². The molecule has 0 atom stereocenters. The largest absolute Gasteiger partial charge is 0.471 e. The summed E-state index contributed by atoms with van der Waals surface area (Å²) < 4.78 is 6.20. The summed E-state index contributed by atoms with van der Waals surface area (Å²) in [4.78, 5) is 56.8. The molecule has 4 heterocycles. The Bertz CT molecular complexity index is 1860. The second kappa shape index (κ2) is 14.3. The number of rotatable bonds is 10. The molecule has 4 aromatic rings. The van der Waals surface area contributed by atoms with E-state index in [1.54, 1.807) is 42.5 Å². The number of carbonyl (C=O) groups is 3. The Hall–Kier alpha value is -5.33. The first-order valence-electron chi connectivity index (χ1n) is 17.2. The molecular weight excluding hydrogens is 632 g/mol. The maximum atomic E-state index is 13.2. The minimum Gasteiger partial charge on any atom is -0.471 e. The smallest absolute Gasteiger partial charge is 0.271 e. The third-order valence-corrected chi connectivity index (χ3v) is 9.90. The van der Waals surface area contributed by atoms with Crippen molar-refractivity contribution in [2.45, 2.75) is 38.8 Å². The zero-order chi connectivity index (χ0) is 34.8. The van der Waals surface area contributed by atoms with Crippen LogP contribution in [0.1, 0.15) is 62.2 Å². The predicted molar refractivity (Wildman–Crippen MR) is 192 cm³/mol. The fraction of sp³-hybridized carbons (Fsp3) is 0.342. The van der Waals surface area contributed by atoms with Gasteiger partial charge in [-0.3, -0.25) is 19.3 Å². The number of likely N-dealkylation sites (N-methyl/N-ethyl adjacent to an activating group) is 1. The number of para-hydroxylation sites is 1. The first-order valence-corrected chi connectivity index (χ1v) is 17.2. The van der Waals surface area contributed by atoms with Crippen molar-refractivity contribution >= 4 is 40.6 Å². The number of primary amides is 1. The van der Waals surface area contributed by atoms with E-state index in [9.17, 15) is 14.4 Å². The van der Waals surface area contributed by atoms with Crippen molar-refractivity contribution in [1.29, 1.82) is 0 Å². The van der Waals surface area contributed by atoms with Crippen LogP contribution in [0.3, 0.4) is 0 Å².